The summed E-state index contributed by atoms with van der Waals surface area (Å²) in [7, 11) is 0. The molecule has 5 nitrogen and oxygen atoms in total. The van der Waals surface area contributed by atoms with Gasteiger partial charge in [0.05, 0.1) is 6.61 Å². The molecule has 0 saturated heterocycles. The van der Waals surface area contributed by atoms with Gasteiger partial charge < -0.3 is 15.7 Å². The minimum absolute atomic E-state index is 0.0101. The SMILES string of the molecule is CCNc1cc(C(=O)Nc2ccc(CO)cc2)cc(C)n1. The summed E-state index contributed by atoms with van der Waals surface area (Å²) >= 11 is 0. The third kappa shape index (κ3) is 4.03. The molecule has 21 heavy (non-hydrogen) atoms. The van der Waals surface area contributed by atoms with E-state index in [-0.39, 0.29) is 12.5 Å². The Kier molecular flexibility index (Phi) is 4.90. The first kappa shape index (κ1) is 15.0. The van der Waals surface area contributed by atoms with Crippen molar-refractivity contribution in [2.24, 2.45) is 0 Å². The molecule has 0 aliphatic carbocycles. The van der Waals surface area contributed by atoms with E-state index in [1.54, 1.807) is 36.4 Å². The van der Waals surface area contributed by atoms with Crippen LogP contribution in [0.3, 0.4) is 0 Å². The maximum absolute atomic E-state index is 12.3. The molecule has 0 aliphatic rings. The number of aliphatic hydroxyl groups excluding tert-OH is 1. The number of aliphatic hydroxyl groups is 1. The largest absolute Gasteiger partial charge is 0.392 e. The fourth-order valence-corrected chi connectivity index (χ4v) is 1.97. The summed E-state index contributed by atoms with van der Waals surface area (Å²) in [6, 6.07) is 10.6. The highest BCUT2D eigenvalue weighted by molar-refractivity contribution is 6.04. The van der Waals surface area contributed by atoms with Crippen LogP contribution in [0.15, 0.2) is 36.4 Å². The van der Waals surface area contributed by atoms with Gasteiger partial charge >= 0.3 is 0 Å². The number of aromatic nitrogens is 1. The number of anilines is 2. The first-order chi connectivity index (χ1) is 10.1. The Morgan fingerprint density at radius 1 is 1.24 bits per heavy atom. The lowest BCUT2D eigenvalue weighted by Crippen LogP contribution is -2.13. The average molecular weight is 285 g/mol. The van der Waals surface area contributed by atoms with Crippen LogP contribution in [0.2, 0.25) is 0 Å². The van der Waals surface area contributed by atoms with E-state index in [0.29, 0.717) is 17.1 Å². The van der Waals surface area contributed by atoms with Crippen LogP contribution in [-0.4, -0.2) is 22.5 Å². The Labute approximate surface area is 124 Å². The van der Waals surface area contributed by atoms with Crippen LogP contribution in [0.25, 0.3) is 0 Å². The number of nitrogens with zero attached hydrogens (tertiary/aromatic N) is 1. The number of hydrogen-bond acceptors (Lipinski definition) is 4. The van der Waals surface area contributed by atoms with Crippen LogP contribution >= 0.6 is 0 Å². The van der Waals surface area contributed by atoms with Crippen LogP contribution in [0, 0.1) is 6.92 Å². The van der Waals surface area contributed by atoms with Crippen LogP contribution in [-0.2, 0) is 6.61 Å². The summed E-state index contributed by atoms with van der Waals surface area (Å²) in [4.78, 5) is 16.6. The van der Waals surface area contributed by atoms with E-state index in [1.165, 1.54) is 0 Å². The van der Waals surface area contributed by atoms with Crippen molar-refractivity contribution in [1.82, 2.24) is 4.98 Å². The van der Waals surface area contributed by atoms with Gasteiger partial charge in [-0.05, 0) is 43.7 Å². The standard InChI is InChI=1S/C16H19N3O2/c1-3-17-15-9-13(8-11(2)18-15)16(21)19-14-6-4-12(10-20)5-7-14/h4-9,20H,3,10H2,1-2H3,(H,17,18)(H,19,21). The van der Waals surface area contributed by atoms with Gasteiger partial charge in [0.1, 0.15) is 5.82 Å². The van der Waals surface area contributed by atoms with Crippen molar-refractivity contribution in [2.45, 2.75) is 20.5 Å². The summed E-state index contributed by atoms with van der Waals surface area (Å²) in [5.74, 6) is 0.509. The third-order valence-electron chi connectivity index (χ3n) is 2.97. The van der Waals surface area contributed by atoms with Crippen LogP contribution in [0.5, 0.6) is 0 Å². The number of carbonyl (C=O) groups is 1. The number of aryl methyl sites for hydroxylation is 1. The fraction of sp³-hybridized carbons (Fsp3) is 0.250. The van der Waals surface area contributed by atoms with Crippen molar-refractivity contribution in [1.29, 1.82) is 0 Å². The molecular formula is C16H19N3O2. The molecule has 2 rings (SSSR count). The quantitative estimate of drug-likeness (QED) is 0.789. The number of pyridine rings is 1. The van der Waals surface area contributed by atoms with Gasteiger partial charge in [-0.15, -0.1) is 0 Å². The molecule has 0 radical (unpaired) electrons. The highest BCUT2D eigenvalue weighted by Gasteiger charge is 2.09. The first-order valence-corrected chi connectivity index (χ1v) is 6.86. The lowest BCUT2D eigenvalue weighted by molar-refractivity contribution is 0.102. The molecule has 1 heterocycles. The van der Waals surface area contributed by atoms with Crippen LogP contribution in [0.1, 0.15) is 28.5 Å². The molecule has 0 aliphatic heterocycles. The van der Waals surface area contributed by atoms with Crippen molar-refractivity contribution >= 4 is 17.4 Å². The molecule has 0 saturated carbocycles. The van der Waals surface area contributed by atoms with Gasteiger partial charge in [0.25, 0.3) is 5.91 Å². The molecule has 110 valence electrons. The predicted octanol–water partition coefficient (Wildman–Crippen LogP) is 2.57. The Bertz CT molecular complexity index is 624. The van der Waals surface area contributed by atoms with E-state index in [0.717, 1.165) is 17.8 Å². The number of benzene rings is 1. The van der Waals surface area contributed by atoms with Crippen molar-refractivity contribution < 1.29 is 9.90 Å². The zero-order chi connectivity index (χ0) is 15.2. The van der Waals surface area contributed by atoms with E-state index in [4.69, 9.17) is 5.11 Å². The molecule has 0 bridgehead atoms. The fourth-order valence-electron chi connectivity index (χ4n) is 1.97. The Balaban J connectivity index is 2.15. The molecule has 1 aromatic carbocycles. The monoisotopic (exact) mass is 285 g/mol. The highest BCUT2D eigenvalue weighted by atomic mass is 16.3. The number of rotatable bonds is 5. The van der Waals surface area contributed by atoms with Crippen molar-refractivity contribution in [2.75, 3.05) is 17.2 Å². The third-order valence-corrected chi connectivity index (χ3v) is 2.97. The summed E-state index contributed by atoms with van der Waals surface area (Å²) in [5.41, 5.74) is 2.85. The maximum Gasteiger partial charge on any atom is 0.255 e. The number of carbonyl (C=O) groups excluding carboxylic acids is 1. The smallest absolute Gasteiger partial charge is 0.255 e. The molecule has 0 spiro atoms. The molecule has 0 unspecified atom stereocenters. The van der Waals surface area contributed by atoms with Crippen molar-refractivity contribution in [3.63, 3.8) is 0 Å². The minimum atomic E-state index is -0.184. The van der Waals surface area contributed by atoms with Gasteiger partial charge in [0.15, 0.2) is 0 Å². The van der Waals surface area contributed by atoms with E-state index >= 15 is 0 Å². The van der Waals surface area contributed by atoms with E-state index < -0.39 is 0 Å². The second kappa shape index (κ2) is 6.85. The summed E-state index contributed by atoms with van der Waals surface area (Å²) in [6.45, 7) is 4.57. The molecule has 2 aromatic rings. The summed E-state index contributed by atoms with van der Waals surface area (Å²) < 4.78 is 0. The maximum atomic E-state index is 12.3. The molecule has 3 N–H and O–H groups in total. The zero-order valence-corrected chi connectivity index (χ0v) is 12.2. The Morgan fingerprint density at radius 2 is 1.95 bits per heavy atom. The summed E-state index contributed by atoms with van der Waals surface area (Å²) in [6.07, 6.45) is 0. The minimum Gasteiger partial charge on any atom is -0.392 e. The molecular weight excluding hydrogens is 266 g/mol. The van der Waals surface area contributed by atoms with Crippen LogP contribution in [0.4, 0.5) is 11.5 Å². The lowest BCUT2D eigenvalue weighted by atomic mass is 10.2. The van der Waals surface area contributed by atoms with Gasteiger partial charge in [-0.1, -0.05) is 12.1 Å². The number of amides is 1. The van der Waals surface area contributed by atoms with Gasteiger partial charge in [-0.25, -0.2) is 4.98 Å². The molecule has 0 fully saturated rings. The predicted molar refractivity (Wildman–Crippen MR) is 83.5 cm³/mol. The van der Waals surface area contributed by atoms with Gasteiger partial charge in [-0.2, -0.15) is 0 Å². The van der Waals surface area contributed by atoms with E-state index in [9.17, 15) is 4.79 Å². The summed E-state index contributed by atoms with van der Waals surface area (Å²) in [5, 5.41) is 14.9. The van der Waals surface area contributed by atoms with Crippen molar-refractivity contribution in [3.05, 3.63) is 53.2 Å². The Hall–Kier alpha value is -2.40. The molecule has 1 aromatic heterocycles. The molecule has 5 heteroatoms. The molecule has 1 amide bonds. The average Bonchev–Trinajstić information content (AvgIpc) is 2.48. The zero-order valence-electron chi connectivity index (χ0n) is 12.2. The topological polar surface area (TPSA) is 74.2 Å². The second-order valence-corrected chi connectivity index (χ2v) is 4.72. The van der Waals surface area contributed by atoms with E-state index in [1.807, 2.05) is 13.8 Å². The highest BCUT2D eigenvalue weighted by Crippen LogP contribution is 2.14. The normalized spacial score (nSPS) is 10.2. The van der Waals surface area contributed by atoms with Crippen LogP contribution < -0.4 is 10.6 Å². The van der Waals surface area contributed by atoms with Crippen molar-refractivity contribution in [3.8, 4) is 0 Å². The lowest BCUT2D eigenvalue weighted by Gasteiger charge is -2.09. The molecule has 0 atom stereocenters. The van der Waals surface area contributed by atoms with E-state index in [2.05, 4.69) is 15.6 Å². The second-order valence-electron chi connectivity index (χ2n) is 4.72. The number of nitrogens with one attached hydrogen (secondary N) is 2. The van der Waals surface area contributed by atoms with Gasteiger partial charge in [0, 0.05) is 23.5 Å². The van der Waals surface area contributed by atoms with Gasteiger partial charge in [0.2, 0.25) is 0 Å². The Morgan fingerprint density at radius 3 is 2.57 bits per heavy atom. The first-order valence-electron chi connectivity index (χ1n) is 6.86. The number of hydrogen-bond donors (Lipinski definition) is 3. The van der Waals surface area contributed by atoms with Gasteiger partial charge in [-0.3, -0.25) is 4.79 Å².